The van der Waals surface area contributed by atoms with Gasteiger partial charge in [0.05, 0.1) is 16.4 Å². The summed E-state index contributed by atoms with van der Waals surface area (Å²) in [5.74, 6) is 0. The number of para-hydroxylation sites is 1. The molecule has 2 aromatic heterocycles. The van der Waals surface area contributed by atoms with Crippen molar-refractivity contribution in [2.45, 2.75) is 0 Å². The SMILES string of the molecule is Cn1ccc2c3c(=O)c4ccccc4n(C)c3ccc21. The summed E-state index contributed by atoms with van der Waals surface area (Å²) in [5.41, 5.74) is 3.16. The van der Waals surface area contributed by atoms with Crippen LogP contribution >= 0.6 is 0 Å². The van der Waals surface area contributed by atoms with Crippen molar-refractivity contribution in [2.24, 2.45) is 14.1 Å². The Hall–Kier alpha value is -2.55. The van der Waals surface area contributed by atoms with Gasteiger partial charge in [-0.2, -0.15) is 0 Å². The van der Waals surface area contributed by atoms with Crippen LogP contribution in [0.1, 0.15) is 0 Å². The fourth-order valence-electron chi connectivity index (χ4n) is 3.08. The van der Waals surface area contributed by atoms with Gasteiger partial charge in [-0.1, -0.05) is 12.1 Å². The maximum atomic E-state index is 12.8. The second-order valence-corrected chi connectivity index (χ2v) is 5.22. The number of aryl methyl sites for hydroxylation is 2. The normalized spacial score (nSPS) is 11.7. The minimum absolute atomic E-state index is 0.116. The summed E-state index contributed by atoms with van der Waals surface area (Å²) in [5, 5.41) is 2.61. The molecule has 3 heteroatoms. The zero-order valence-electron chi connectivity index (χ0n) is 11.4. The van der Waals surface area contributed by atoms with E-state index in [0.717, 1.165) is 32.7 Å². The van der Waals surface area contributed by atoms with Crippen LogP contribution in [0, 0.1) is 0 Å². The lowest BCUT2D eigenvalue weighted by Gasteiger charge is -2.11. The minimum Gasteiger partial charge on any atom is -0.351 e. The standard InChI is InChI=1S/C17H14N2O/c1-18-10-9-11-13(18)7-8-15-16(11)17(20)12-5-3-4-6-14(12)19(15)2/h3-10H,1-2H3. The number of hydrogen-bond acceptors (Lipinski definition) is 1. The van der Waals surface area contributed by atoms with Crippen LogP contribution in [0.25, 0.3) is 32.7 Å². The summed E-state index contributed by atoms with van der Waals surface area (Å²) in [6.07, 6.45) is 2.00. The molecule has 20 heavy (non-hydrogen) atoms. The average Bonchev–Trinajstić information content (AvgIpc) is 2.86. The molecule has 0 saturated heterocycles. The van der Waals surface area contributed by atoms with Gasteiger partial charge in [0.15, 0.2) is 5.43 Å². The van der Waals surface area contributed by atoms with E-state index in [1.165, 1.54) is 0 Å². The van der Waals surface area contributed by atoms with E-state index in [4.69, 9.17) is 0 Å². The van der Waals surface area contributed by atoms with E-state index in [9.17, 15) is 4.79 Å². The lowest BCUT2D eigenvalue weighted by molar-refractivity contribution is 0.968. The molecule has 0 atom stereocenters. The van der Waals surface area contributed by atoms with Crippen molar-refractivity contribution in [1.29, 1.82) is 0 Å². The van der Waals surface area contributed by atoms with Gasteiger partial charge in [-0.3, -0.25) is 4.79 Å². The van der Waals surface area contributed by atoms with Crippen LogP contribution in [-0.2, 0) is 14.1 Å². The number of rotatable bonds is 0. The maximum Gasteiger partial charge on any atom is 0.197 e. The lowest BCUT2D eigenvalue weighted by atomic mass is 10.1. The molecule has 0 radical (unpaired) electrons. The first kappa shape index (κ1) is 11.3. The largest absolute Gasteiger partial charge is 0.351 e. The van der Waals surface area contributed by atoms with Crippen LogP contribution in [-0.4, -0.2) is 9.13 Å². The monoisotopic (exact) mass is 262 g/mol. The third-order valence-electron chi connectivity index (χ3n) is 4.14. The van der Waals surface area contributed by atoms with Crippen LogP contribution in [0.15, 0.2) is 53.5 Å². The average molecular weight is 262 g/mol. The van der Waals surface area contributed by atoms with E-state index in [1.54, 1.807) is 0 Å². The molecular weight excluding hydrogens is 248 g/mol. The number of fused-ring (bicyclic) bond motifs is 4. The highest BCUT2D eigenvalue weighted by molar-refractivity contribution is 6.09. The van der Waals surface area contributed by atoms with Gasteiger partial charge in [0.25, 0.3) is 0 Å². The van der Waals surface area contributed by atoms with Gasteiger partial charge in [-0.15, -0.1) is 0 Å². The summed E-state index contributed by atoms with van der Waals surface area (Å²) in [4.78, 5) is 12.8. The Bertz CT molecular complexity index is 1040. The zero-order chi connectivity index (χ0) is 13.9. The summed E-state index contributed by atoms with van der Waals surface area (Å²) in [6.45, 7) is 0. The molecule has 0 bridgehead atoms. The molecule has 0 unspecified atom stereocenters. The summed E-state index contributed by atoms with van der Waals surface area (Å²) in [7, 11) is 4.01. The number of hydrogen-bond donors (Lipinski definition) is 0. The van der Waals surface area contributed by atoms with E-state index in [1.807, 2.05) is 61.3 Å². The molecule has 0 fully saturated rings. The Labute approximate surface area is 115 Å². The molecule has 0 amide bonds. The summed E-state index contributed by atoms with van der Waals surface area (Å²) >= 11 is 0. The van der Waals surface area contributed by atoms with Gasteiger partial charge in [-0.25, -0.2) is 0 Å². The van der Waals surface area contributed by atoms with Crippen LogP contribution in [0.2, 0.25) is 0 Å². The molecule has 0 saturated carbocycles. The topological polar surface area (TPSA) is 26.9 Å². The second kappa shape index (κ2) is 3.73. The molecule has 3 nitrogen and oxygen atoms in total. The smallest absolute Gasteiger partial charge is 0.197 e. The predicted octanol–water partition coefficient (Wildman–Crippen LogP) is 3.18. The number of aromatic nitrogens is 2. The van der Waals surface area contributed by atoms with Gasteiger partial charge in [0.1, 0.15) is 0 Å². The van der Waals surface area contributed by atoms with Crippen molar-refractivity contribution < 1.29 is 0 Å². The van der Waals surface area contributed by atoms with Crippen molar-refractivity contribution in [3.05, 3.63) is 58.9 Å². The summed E-state index contributed by atoms with van der Waals surface area (Å²) < 4.78 is 4.14. The molecule has 4 aromatic rings. The molecule has 4 rings (SSSR count). The molecule has 0 N–H and O–H groups in total. The third kappa shape index (κ3) is 1.27. The zero-order valence-corrected chi connectivity index (χ0v) is 11.4. The van der Waals surface area contributed by atoms with E-state index < -0.39 is 0 Å². The van der Waals surface area contributed by atoms with Crippen LogP contribution in [0.4, 0.5) is 0 Å². The Morgan fingerprint density at radius 2 is 1.55 bits per heavy atom. The van der Waals surface area contributed by atoms with Gasteiger partial charge >= 0.3 is 0 Å². The Kier molecular flexibility index (Phi) is 2.11. The van der Waals surface area contributed by atoms with E-state index in [-0.39, 0.29) is 5.43 Å². The fourth-order valence-corrected chi connectivity index (χ4v) is 3.08. The number of pyridine rings is 1. The van der Waals surface area contributed by atoms with Crippen molar-refractivity contribution in [3.63, 3.8) is 0 Å². The van der Waals surface area contributed by atoms with E-state index >= 15 is 0 Å². The minimum atomic E-state index is 0.116. The molecule has 98 valence electrons. The van der Waals surface area contributed by atoms with Gasteiger partial charge in [0.2, 0.25) is 0 Å². The molecule has 2 aromatic carbocycles. The maximum absolute atomic E-state index is 12.8. The van der Waals surface area contributed by atoms with Crippen molar-refractivity contribution in [1.82, 2.24) is 9.13 Å². The first-order valence-electron chi connectivity index (χ1n) is 6.64. The fraction of sp³-hybridized carbons (Fsp3) is 0.118. The lowest BCUT2D eigenvalue weighted by Crippen LogP contribution is -2.09. The summed E-state index contributed by atoms with van der Waals surface area (Å²) in [6, 6.07) is 13.9. The first-order valence-corrected chi connectivity index (χ1v) is 6.64. The van der Waals surface area contributed by atoms with Crippen molar-refractivity contribution in [2.75, 3.05) is 0 Å². The Morgan fingerprint density at radius 1 is 0.800 bits per heavy atom. The van der Waals surface area contributed by atoms with E-state index in [0.29, 0.717) is 0 Å². The number of benzene rings is 2. The molecule has 0 aliphatic carbocycles. The van der Waals surface area contributed by atoms with Crippen LogP contribution < -0.4 is 5.43 Å². The highest BCUT2D eigenvalue weighted by Crippen LogP contribution is 2.25. The highest BCUT2D eigenvalue weighted by Gasteiger charge is 2.12. The second-order valence-electron chi connectivity index (χ2n) is 5.22. The molecule has 0 aliphatic heterocycles. The Balaban J connectivity index is 2.42. The van der Waals surface area contributed by atoms with Gasteiger partial charge in [-0.05, 0) is 30.3 Å². The molecule has 0 spiro atoms. The van der Waals surface area contributed by atoms with Crippen molar-refractivity contribution in [3.8, 4) is 0 Å². The third-order valence-corrected chi connectivity index (χ3v) is 4.14. The quantitative estimate of drug-likeness (QED) is 0.447. The van der Waals surface area contributed by atoms with E-state index in [2.05, 4.69) is 10.6 Å². The molecular formula is C17H14N2O. The van der Waals surface area contributed by atoms with Crippen LogP contribution in [0.5, 0.6) is 0 Å². The predicted molar refractivity (Wildman–Crippen MR) is 83.2 cm³/mol. The first-order chi connectivity index (χ1) is 9.68. The Morgan fingerprint density at radius 3 is 2.40 bits per heavy atom. The van der Waals surface area contributed by atoms with Crippen LogP contribution in [0.3, 0.4) is 0 Å². The van der Waals surface area contributed by atoms with Gasteiger partial charge in [0, 0.05) is 36.6 Å². The molecule has 2 heterocycles. The highest BCUT2D eigenvalue weighted by atomic mass is 16.1. The van der Waals surface area contributed by atoms with Crippen molar-refractivity contribution >= 4 is 32.7 Å². The number of nitrogens with zero attached hydrogens (tertiary/aromatic N) is 2. The molecule has 0 aliphatic rings. The van der Waals surface area contributed by atoms with Gasteiger partial charge < -0.3 is 9.13 Å².